The van der Waals surface area contributed by atoms with Crippen molar-refractivity contribution in [2.45, 2.75) is 31.7 Å². The Morgan fingerprint density at radius 2 is 2.05 bits per heavy atom. The number of para-hydroxylation sites is 1. The number of fused-ring (bicyclic) bond motifs is 1. The molecule has 0 bridgehead atoms. The lowest BCUT2D eigenvalue weighted by Crippen LogP contribution is -2.44. The zero-order valence-corrected chi connectivity index (χ0v) is 12.1. The molecule has 3 N–H and O–H groups in total. The molecule has 1 aliphatic heterocycles. The van der Waals surface area contributed by atoms with Gasteiger partial charge in [0.05, 0.1) is 5.56 Å². The molecule has 1 heterocycles. The number of nitrogens with one attached hydrogen (secondary N) is 1. The first kappa shape index (κ1) is 14.2. The molecule has 1 fully saturated rings. The van der Waals surface area contributed by atoms with E-state index in [0.29, 0.717) is 42.7 Å². The van der Waals surface area contributed by atoms with Gasteiger partial charge in [0.15, 0.2) is 11.5 Å². The van der Waals surface area contributed by atoms with E-state index in [2.05, 4.69) is 5.32 Å². The minimum Gasteiger partial charge on any atom is -0.486 e. The largest absolute Gasteiger partial charge is 0.486 e. The van der Waals surface area contributed by atoms with Gasteiger partial charge in [0.25, 0.3) is 5.91 Å². The van der Waals surface area contributed by atoms with E-state index in [-0.39, 0.29) is 11.9 Å². The average molecular weight is 290 g/mol. The highest BCUT2D eigenvalue weighted by atomic mass is 16.6. The molecule has 2 atom stereocenters. The van der Waals surface area contributed by atoms with Gasteiger partial charge in [-0.1, -0.05) is 18.9 Å². The molecular weight excluding hydrogens is 268 g/mol. The fraction of sp³-hybridized carbons (Fsp3) is 0.562. The quantitative estimate of drug-likeness (QED) is 0.888. The molecule has 1 aromatic carbocycles. The molecule has 5 nitrogen and oxygen atoms in total. The molecule has 3 rings (SSSR count). The van der Waals surface area contributed by atoms with Crippen molar-refractivity contribution >= 4 is 5.91 Å². The van der Waals surface area contributed by atoms with Crippen LogP contribution in [-0.4, -0.2) is 31.7 Å². The number of carbonyl (C=O) groups excluding carboxylic acids is 1. The Labute approximate surface area is 124 Å². The van der Waals surface area contributed by atoms with Gasteiger partial charge in [-0.25, -0.2) is 0 Å². The second kappa shape index (κ2) is 6.35. The fourth-order valence-electron chi connectivity index (χ4n) is 3.18. The number of hydrogen-bond donors (Lipinski definition) is 2. The van der Waals surface area contributed by atoms with Crippen LogP contribution in [0.1, 0.15) is 36.0 Å². The van der Waals surface area contributed by atoms with Gasteiger partial charge in [-0.3, -0.25) is 4.79 Å². The van der Waals surface area contributed by atoms with Crippen LogP contribution in [0.3, 0.4) is 0 Å². The second-order valence-corrected chi connectivity index (χ2v) is 5.69. The average Bonchev–Trinajstić information content (AvgIpc) is 2.54. The number of hydrogen-bond acceptors (Lipinski definition) is 4. The molecule has 2 aliphatic rings. The molecule has 2 unspecified atom stereocenters. The maximum atomic E-state index is 12.6. The van der Waals surface area contributed by atoms with Crippen LogP contribution in [0.2, 0.25) is 0 Å². The summed E-state index contributed by atoms with van der Waals surface area (Å²) in [6, 6.07) is 5.60. The molecule has 0 saturated heterocycles. The Hall–Kier alpha value is -1.75. The lowest BCUT2D eigenvalue weighted by Gasteiger charge is -2.31. The maximum Gasteiger partial charge on any atom is 0.255 e. The highest BCUT2D eigenvalue weighted by Gasteiger charge is 2.27. The zero-order chi connectivity index (χ0) is 14.7. The predicted molar refractivity (Wildman–Crippen MR) is 79.7 cm³/mol. The van der Waals surface area contributed by atoms with Crippen molar-refractivity contribution in [3.63, 3.8) is 0 Å². The van der Waals surface area contributed by atoms with E-state index in [1.165, 1.54) is 6.42 Å². The lowest BCUT2D eigenvalue weighted by atomic mass is 9.84. The normalized spacial score (nSPS) is 24.4. The van der Waals surface area contributed by atoms with E-state index in [9.17, 15) is 4.79 Å². The third-order valence-electron chi connectivity index (χ3n) is 4.34. The topological polar surface area (TPSA) is 73.6 Å². The summed E-state index contributed by atoms with van der Waals surface area (Å²) in [5, 5.41) is 3.13. The van der Waals surface area contributed by atoms with Gasteiger partial charge < -0.3 is 20.5 Å². The van der Waals surface area contributed by atoms with E-state index in [0.717, 1.165) is 19.3 Å². The molecule has 0 radical (unpaired) electrons. The van der Waals surface area contributed by atoms with Crippen LogP contribution in [-0.2, 0) is 0 Å². The van der Waals surface area contributed by atoms with Crippen molar-refractivity contribution in [1.29, 1.82) is 0 Å². The Balaban J connectivity index is 1.76. The van der Waals surface area contributed by atoms with E-state index in [1.807, 2.05) is 12.1 Å². The highest BCUT2D eigenvalue weighted by Crippen LogP contribution is 2.34. The van der Waals surface area contributed by atoms with Crippen molar-refractivity contribution in [3.05, 3.63) is 23.8 Å². The summed E-state index contributed by atoms with van der Waals surface area (Å²) < 4.78 is 11.1. The van der Waals surface area contributed by atoms with Crippen LogP contribution in [0, 0.1) is 5.92 Å². The molecule has 1 aromatic rings. The van der Waals surface area contributed by atoms with Crippen molar-refractivity contribution < 1.29 is 14.3 Å². The van der Waals surface area contributed by atoms with Crippen molar-refractivity contribution in [2.24, 2.45) is 11.7 Å². The Morgan fingerprint density at radius 1 is 1.24 bits per heavy atom. The SMILES string of the molecule is NCC1CCCCC1NC(=O)c1cccc2c1OCCO2. The summed E-state index contributed by atoms with van der Waals surface area (Å²) >= 11 is 0. The molecule has 5 heteroatoms. The van der Waals surface area contributed by atoms with E-state index in [1.54, 1.807) is 6.07 Å². The Morgan fingerprint density at radius 3 is 2.90 bits per heavy atom. The van der Waals surface area contributed by atoms with E-state index < -0.39 is 0 Å². The summed E-state index contributed by atoms with van der Waals surface area (Å²) in [5.74, 6) is 1.48. The number of rotatable bonds is 3. The first-order valence-corrected chi connectivity index (χ1v) is 7.69. The summed E-state index contributed by atoms with van der Waals surface area (Å²) in [5.41, 5.74) is 6.37. The highest BCUT2D eigenvalue weighted by molar-refractivity contribution is 5.98. The van der Waals surface area contributed by atoms with Gasteiger partial charge in [-0.05, 0) is 37.4 Å². The van der Waals surface area contributed by atoms with Gasteiger partial charge in [-0.2, -0.15) is 0 Å². The minimum atomic E-state index is -0.0947. The van der Waals surface area contributed by atoms with Crippen LogP contribution in [0.4, 0.5) is 0 Å². The molecule has 114 valence electrons. The van der Waals surface area contributed by atoms with Crippen LogP contribution in [0.15, 0.2) is 18.2 Å². The van der Waals surface area contributed by atoms with Crippen LogP contribution < -0.4 is 20.5 Å². The fourth-order valence-corrected chi connectivity index (χ4v) is 3.18. The minimum absolute atomic E-state index is 0.0947. The zero-order valence-electron chi connectivity index (χ0n) is 12.1. The number of carbonyl (C=O) groups is 1. The van der Waals surface area contributed by atoms with Crippen LogP contribution >= 0.6 is 0 Å². The maximum absolute atomic E-state index is 12.6. The first-order chi connectivity index (χ1) is 10.3. The summed E-state index contributed by atoms with van der Waals surface area (Å²) in [6.45, 7) is 1.62. The van der Waals surface area contributed by atoms with Gasteiger partial charge in [0, 0.05) is 6.04 Å². The second-order valence-electron chi connectivity index (χ2n) is 5.69. The number of benzene rings is 1. The van der Waals surface area contributed by atoms with Gasteiger partial charge in [-0.15, -0.1) is 0 Å². The monoisotopic (exact) mass is 290 g/mol. The summed E-state index contributed by atoms with van der Waals surface area (Å²) in [7, 11) is 0. The number of amides is 1. The Bertz CT molecular complexity index is 518. The van der Waals surface area contributed by atoms with Gasteiger partial charge >= 0.3 is 0 Å². The molecular formula is C16H22N2O3. The van der Waals surface area contributed by atoms with Crippen LogP contribution in [0.5, 0.6) is 11.5 Å². The summed E-state index contributed by atoms with van der Waals surface area (Å²) in [4.78, 5) is 12.6. The molecule has 21 heavy (non-hydrogen) atoms. The number of ether oxygens (including phenoxy) is 2. The van der Waals surface area contributed by atoms with E-state index in [4.69, 9.17) is 15.2 Å². The third-order valence-corrected chi connectivity index (χ3v) is 4.34. The molecule has 0 aromatic heterocycles. The van der Waals surface area contributed by atoms with Gasteiger partial charge in [0.2, 0.25) is 0 Å². The molecule has 1 amide bonds. The van der Waals surface area contributed by atoms with E-state index >= 15 is 0 Å². The molecule has 0 spiro atoms. The first-order valence-electron chi connectivity index (χ1n) is 7.69. The third kappa shape index (κ3) is 2.97. The molecule has 1 aliphatic carbocycles. The standard InChI is InChI=1S/C16H22N2O3/c17-10-11-4-1-2-6-13(11)18-16(19)12-5-3-7-14-15(12)21-9-8-20-14/h3,5,7,11,13H,1-2,4,6,8-10,17H2,(H,18,19). The molecule has 1 saturated carbocycles. The summed E-state index contributed by atoms with van der Waals surface area (Å²) in [6.07, 6.45) is 4.44. The Kier molecular flexibility index (Phi) is 4.29. The lowest BCUT2D eigenvalue weighted by molar-refractivity contribution is 0.0897. The smallest absolute Gasteiger partial charge is 0.255 e. The number of nitrogens with two attached hydrogens (primary N) is 1. The van der Waals surface area contributed by atoms with Crippen molar-refractivity contribution in [2.75, 3.05) is 19.8 Å². The van der Waals surface area contributed by atoms with Crippen LogP contribution in [0.25, 0.3) is 0 Å². The van der Waals surface area contributed by atoms with Crippen molar-refractivity contribution in [1.82, 2.24) is 5.32 Å². The van der Waals surface area contributed by atoms with Crippen molar-refractivity contribution in [3.8, 4) is 11.5 Å². The predicted octanol–water partition coefficient (Wildman–Crippen LogP) is 1.71. The van der Waals surface area contributed by atoms with Gasteiger partial charge in [0.1, 0.15) is 13.2 Å².